The highest BCUT2D eigenvalue weighted by Gasteiger charge is 2.06. The highest BCUT2D eigenvalue weighted by molar-refractivity contribution is 9.10. The number of benzene rings is 3. The quantitative estimate of drug-likeness (QED) is 0.632. The van der Waals surface area contributed by atoms with E-state index in [0.717, 1.165) is 26.7 Å². The lowest BCUT2D eigenvalue weighted by Gasteiger charge is -2.09. The maximum Gasteiger partial charge on any atom is 0.262 e. The number of hydrogen-bond acceptors (Lipinski definition) is 3. The Morgan fingerprint density at radius 1 is 1.00 bits per heavy atom. The highest BCUT2D eigenvalue weighted by Crippen LogP contribution is 2.26. The third-order valence-corrected chi connectivity index (χ3v) is 4.31. The van der Waals surface area contributed by atoms with Gasteiger partial charge in [0, 0.05) is 10.2 Å². The Hall–Kier alpha value is -2.53. The van der Waals surface area contributed by atoms with Crippen LogP contribution in [0, 0.1) is 0 Å². The molecule has 0 fully saturated rings. The van der Waals surface area contributed by atoms with Crippen LogP contribution in [0.1, 0.15) is 6.92 Å². The summed E-state index contributed by atoms with van der Waals surface area (Å²) in [7, 11) is 0. The Kier molecular flexibility index (Phi) is 5.56. The lowest BCUT2D eigenvalue weighted by atomic mass is 10.1. The molecule has 4 nitrogen and oxygen atoms in total. The molecular formula is C20H18BrNO3. The van der Waals surface area contributed by atoms with Crippen LogP contribution >= 0.6 is 15.9 Å². The minimum Gasteiger partial charge on any atom is -0.494 e. The topological polar surface area (TPSA) is 47.6 Å². The highest BCUT2D eigenvalue weighted by atomic mass is 79.9. The minimum absolute atomic E-state index is 0.0511. The second kappa shape index (κ2) is 8.03. The first-order valence-electron chi connectivity index (χ1n) is 7.99. The zero-order valence-electron chi connectivity index (χ0n) is 13.8. The Labute approximate surface area is 154 Å². The van der Waals surface area contributed by atoms with Crippen molar-refractivity contribution in [2.45, 2.75) is 6.92 Å². The molecule has 0 bridgehead atoms. The van der Waals surface area contributed by atoms with Gasteiger partial charge in [-0.3, -0.25) is 4.79 Å². The predicted molar refractivity (Wildman–Crippen MR) is 103 cm³/mol. The number of carbonyl (C=O) groups is 1. The van der Waals surface area contributed by atoms with Crippen LogP contribution in [0.2, 0.25) is 0 Å². The molecule has 25 heavy (non-hydrogen) atoms. The van der Waals surface area contributed by atoms with Crippen molar-refractivity contribution in [1.29, 1.82) is 0 Å². The molecule has 0 saturated carbocycles. The van der Waals surface area contributed by atoms with Gasteiger partial charge >= 0.3 is 0 Å². The Morgan fingerprint density at radius 3 is 2.44 bits per heavy atom. The van der Waals surface area contributed by atoms with Gasteiger partial charge in [-0.25, -0.2) is 0 Å². The van der Waals surface area contributed by atoms with Gasteiger partial charge in [-0.2, -0.15) is 0 Å². The summed E-state index contributed by atoms with van der Waals surface area (Å²) < 4.78 is 11.9. The first kappa shape index (κ1) is 17.3. The minimum atomic E-state index is -0.205. The molecule has 0 heterocycles. The molecule has 3 rings (SSSR count). The largest absolute Gasteiger partial charge is 0.494 e. The van der Waals surface area contributed by atoms with Crippen LogP contribution in [0.15, 0.2) is 65.1 Å². The average Bonchev–Trinajstić information content (AvgIpc) is 2.61. The average molecular weight is 400 g/mol. The summed E-state index contributed by atoms with van der Waals surface area (Å²) in [5.74, 6) is 1.20. The van der Waals surface area contributed by atoms with Gasteiger partial charge in [0.25, 0.3) is 5.91 Å². The monoisotopic (exact) mass is 399 g/mol. The van der Waals surface area contributed by atoms with Crippen molar-refractivity contribution < 1.29 is 14.3 Å². The molecule has 3 aromatic carbocycles. The van der Waals surface area contributed by atoms with E-state index in [-0.39, 0.29) is 12.5 Å². The zero-order chi connectivity index (χ0) is 17.6. The summed E-state index contributed by atoms with van der Waals surface area (Å²) in [5, 5.41) is 5.01. The van der Waals surface area contributed by atoms with Crippen molar-refractivity contribution >= 4 is 38.3 Å². The van der Waals surface area contributed by atoms with Crippen molar-refractivity contribution in [2.75, 3.05) is 18.5 Å². The van der Waals surface area contributed by atoms with Gasteiger partial charge in [0.2, 0.25) is 0 Å². The van der Waals surface area contributed by atoms with Crippen molar-refractivity contribution in [2.24, 2.45) is 0 Å². The first-order chi connectivity index (χ1) is 12.2. The maximum atomic E-state index is 12.1. The molecule has 0 aliphatic carbocycles. The number of ether oxygens (including phenoxy) is 2. The summed E-state index contributed by atoms with van der Waals surface area (Å²) in [6.07, 6.45) is 0. The van der Waals surface area contributed by atoms with Crippen LogP contribution < -0.4 is 14.8 Å². The third-order valence-electron chi connectivity index (χ3n) is 3.62. The molecule has 0 unspecified atom stereocenters. The maximum absolute atomic E-state index is 12.1. The van der Waals surface area contributed by atoms with E-state index >= 15 is 0 Å². The first-order valence-corrected chi connectivity index (χ1v) is 8.79. The molecule has 0 aliphatic rings. The molecule has 0 aromatic heterocycles. The normalized spacial score (nSPS) is 10.5. The SMILES string of the molecule is CCOc1ccc(OCC(=O)Nc2ccc3c(Br)cccc3c2)cc1. The second-order valence-electron chi connectivity index (χ2n) is 5.42. The number of fused-ring (bicyclic) bond motifs is 1. The van der Waals surface area contributed by atoms with Crippen LogP contribution in [0.3, 0.4) is 0 Å². The van der Waals surface area contributed by atoms with Gasteiger partial charge in [0.1, 0.15) is 11.5 Å². The standard InChI is InChI=1S/C20H18BrNO3/c1-2-24-16-7-9-17(10-8-16)25-13-20(23)22-15-6-11-18-14(12-15)4-3-5-19(18)21/h3-12H,2,13H2,1H3,(H,22,23). The van der Waals surface area contributed by atoms with Gasteiger partial charge in [-0.05, 0) is 60.2 Å². The van der Waals surface area contributed by atoms with E-state index in [0.29, 0.717) is 12.4 Å². The number of nitrogens with one attached hydrogen (secondary N) is 1. The van der Waals surface area contributed by atoms with E-state index < -0.39 is 0 Å². The summed E-state index contributed by atoms with van der Waals surface area (Å²) in [6, 6.07) is 19.0. The van der Waals surface area contributed by atoms with Crippen LogP contribution in [0.4, 0.5) is 5.69 Å². The zero-order valence-corrected chi connectivity index (χ0v) is 15.4. The molecule has 0 aliphatic heterocycles. The summed E-state index contributed by atoms with van der Waals surface area (Å²) in [6.45, 7) is 2.50. The number of hydrogen-bond donors (Lipinski definition) is 1. The van der Waals surface area contributed by atoms with Gasteiger partial charge < -0.3 is 14.8 Å². The van der Waals surface area contributed by atoms with Crippen LogP contribution in [-0.4, -0.2) is 19.1 Å². The van der Waals surface area contributed by atoms with Crippen LogP contribution in [0.25, 0.3) is 10.8 Å². The lowest BCUT2D eigenvalue weighted by molar-refractivity contribution is -0.118. The molecule has 1 amide bonds. The van der Waals surface area contributed by atoms with Crippen molar-refractivity contribution in [1.82, 2.24) is 0 Å². The number of amides is 1. The van der Waals surface area contributed by atoms with E-state index in [2.05, 4.69) is 21.2 Å². The van der Waals surface area contributed by atoms with Crippen LogP contribution in [0.5, 0.6) is 11.5 Å². The number of halogens is 1. The van der Waals surface area contributed by atoms with Crippen molar-refractivity contribution in [3.05, 3.63) is 65.1 Å². The number of anilines is 1. The van der Waals surface area contributed by atoms with E-state index in [1.807, 2.05) is 55.5 Å². The van der Waals surface area contributed by atoms with E-state index in [4.69, 9.17) is 9.47 Å². The molecule has 128 valence electrons. The molecular weight excluding hydrogens is 382 g/mol. The molecule has 0 saturated heterocycles. The molecule has 5 heteroatoms. The van der Waals surface area contributed by atoms with Gasteiger partial charge in [0.15, 0.2) is 6.61 Å². The fourth-order valence-corrected chi connectivity index (χ4v) is 2.98. The fraction of sp³-hybridized carbons (Fsp3) is 0.150. The van der Waals surface area contributed by atoms with E-state index in [1.165, 1.54) is 0 Å². The molecule has 3 aromatic rings. The summed E-state index contributed by atoms with van der Waals surface area (Å²) in [5.41, 5.74) is 0.742. The summed E-state index contributed by atoms with van der Waals surface area (Å²) in [4.78, 5) is 12.1. The molecule has 0 radical (unpaired) electrons. The van der Waals surface area contributed by atoms with E-state index in [9.17, 15) is 4.79 Å². The Balaban J connectivity index is 1.59. The van der Waals surface area contributed by atoms with Crippen molar-refractivity contribution in [3.8, 4) is 11.5 Å². The summed E-state index contributed by atoms with van der Waals surface area (Å²) >= 11 is 3.52. The van der Waals surface area contributed by atoms with Crippen LogP contribution in [-0.2, 0) is 4.79 Å². The molecule has 1 N–H and O–H groups in total. The number of carbonyl (C=O) groups excluding carboxylic acids is 1. The Morgan fingerprint density at radius 2 is 1.72 bits per heavy atom. The second-order valence-corrected chi connectivity index (χ2v) is 6.27. The van der Waals surface area contributed by atoms with Crippen molar-refractivity contribution in [3.63, 3.8) is 0 Å². The van der Waals surface area contributed by atoms with Gasteiger partial charge in [-0.1, -0.05) is 34.1 Å². The third kappa shape index (κ3) is 4.51. The molecule has 0 spiro atoms. The number of rotatable bonds is 6. The smallest absolute Gasteiger partial charge is 0.262 e. The Bertz CT molecular complexity index is 878. The lowest BCUT2D eigenvalue weighted by Crippen LogP contribution is -2.20. The fourth-order valence-electron chi connectivity index (χ4n) is 2.47. The predicted octanol–water partition coefficient (Wildman–Crippen LogP) is 5.02. The van der Waals surface area contributed by atoms with E-state index in [1.54, 1.807) is 12.1 Å². The van der Waals surface area contributed by atoms with Gasteiger partial charge in [0.05, 0.1) is 6.61 Å². The molecule has 0 atom stereocenters. The van der Waals surface area contributed by atoms with Gasteiger partial charge in [-0.15, -0.1) is 0 Å².